The molecule has 0 amide bonds. The Balaban J connectivity index is 2.36. The van der Waals surface area contributed by atoms with Crippen molar-refractivity contribution in [3.8, 4) is 5.88 Å². The van der Waals surface area contributed by atoms with Crippen LogP contribution < -0.4 is 10.1 Å². The monoisotopic (exact) mass is 292 g/mol. The number of pyridine rings is 1. The third-order valence-electron chi connectivity index (χ3n) is 3.13. The molecule has 1 unspecified atom stereocenters. The minimum atomic E-state index is -0.491. The minimum absolute atomic E-state index is 0.116. The average molecular weight is 292 g/mol. The molecular formula is C13H16N4O4. The second-order valence-corrected chi connectivity index (χ2v) is 4.58. The molecule has 0 bridgehead atoms. The molecule has 2 aromatic rings. The zero-order valence-electron chi connectivity index (χ0n) is 12.2. The second kappa shape index (κ2) is 5.78. The number of rotatable bonds is 5. The van der Waals surface area contributed by atoms with Crippen LogP contribution in [-0.4, -0.2) is 22.2 Å². The van der Waals surface area contributed by atoms with Gasteiger partial charge in [0, 0.05) is 17.7 Å². The number of anilines is 1. The molecule has 0 fully saturated rings. The van der Waals surface area contributed by atoms with E-state index in [0.29, 0.717) is 11.6 Å². The van der Waals surface area contributed by atoms with Crippen LogP contribution in [-0.2, 0) is 0 Å². The van der Waals surface area contributed by atoms with Crippen molar-refractivity contribution in [2.75, 3.05) is 12.4 Å². The van der Waals surface area contributed by atoms with Gasteiger partial charge in [-0.05, 0) is 20.8 Å². The van der Waals surface area contributed by atoms with E-state index < -0.39 is 4.92 Å². The Morgan fingerprint density at radius 1 is 1.43 bits per heavy atom. The van der Waals surface area contributed by atoms with E-state index in [1.165, 1.54) is 19.2 Å². The molecule has 2 heterocycles. The molecule has 0 aliphatic rings. The standard InChI is InChI=1S/C13H16N4O4/c1-7(12-8(2)16-21-9(12)3)14-13-10(17(18)19)5-6-11(15-13)20-4/h5-7H,1-4H3,(H,14,15). The van der Waals surface area contributed by atoms with Crippen LogP contribution in [0.15, 0.2) is 16.7 Å². The van der Waals surface area contributed by atoms with Crippen LogP contribution in [0.2, 0.25) is 0 Å². The first-order valence-electron chi connectivity index (χ1n) is 6.32. The molecule has 1 atom stereocenters. The Hall–Kier alpha value is -2.64. The summed E-state index contributed by atoms with van der Waals surface area (Å²) < 4.78 is 10.1. The van der Waals surface area contributed by atoms with Crippen LogP contribution in [0.5, 0.6) is 5.88 Å². The van der Waals surface area contributed by atoms with Gasteiger partial charge in [0.15, 0.2) is 0 Å². The highest BCUT2D eigenvalue weighted by Gasteiger charge is 2.22. The maximum Gasteiger partial charge on any atom is 0.311 e. The molecule has 0 spiro atoms. The number of nitrogens with one attached hydrogen (secondary N) is 1. The first-order chi connectivity index (χ1) is 9.93. The zero-order valence-corrected chi connectivity index (χ0v) is 12.2. The summed E-state index contributed by atoms with van der Waals surface area (Å²) in [5, 5.41) is 18.0. The van der Waals surface area contributed by atoms with E-state index in [4.69, 9.17) is 9.26 Å². The number of aryl methyl sites for hydroxylation is 2. The van der Waals surface area contributed by atoms with Crippen LogP contribution in [0, 0.1) is 24.0 Å². The molecule has 0 aliphatic carbocycles. The van der Waals surface area contributed by atoms with E-state index >= 15 is 0 Å². The molecule has 112 valence electrons. The third kappa shape index (κ3) is 2.93. The van der Waals surface area contributed by atoms with Crippen molar-refractivity contribution >= 4 is 11.5 Å². The molecule has 8 heteroatoms. The highest BCUT2D eigenvalue weighted by atomic mass is 16.6. The van der Waals surface area contributed by atoms with Gasteiger partial charge in [-0.25, -0.2) is 0 Å². The molecule has 0 saturated heterocycles. The van der Waals surface area contributed by atoms with Gasteiger partial charge in [-0.15, -0.1) is 0 Å². The lowest BCUT2D eigenvalue weighted by Crippen LogP contribution is -2.11. The highest BCUT2D eigenvalue weighted by molar-refractivity contribution is 5.58. The topological polar surface area (TPSA) is 103 Å². The molecule has 21 heavy (non-hydrogen) atoms. The SMILES string of the molecule is COc1ccc([N+](=O)[O-])c(NC(C)c2c(C)noc2C)n1. The van der Waals surface area contributed by atoms with E-state index in [1.807, 2.05) is 13.8 Å². The average Bonchev–Trinajstić information content (AvgIpc) is 2.77. The van der Waals surface area contributed by atoms with Crippen molar-refractivity contribution in [2.45, 2.75) is 26.8 Å². The first-order valence-corrected chi connectivity index (χ1v) is 6.32. The number of aromatic nitrogens is 2. The van der Waals surface area contributed by atoms with Crippen LogP contribution in [0.25, 0.3) is 0 Å². The maximum atomic E-state index is 11.1. The molecule has 2 rings (SSSR count). The predicted octanol–water partition coefficient (Wildman–Crippen LogP) is 2.78. The summed E-state index contributed by atoms with van der Waals surface area (Å²) in [4.78, 5) is 14.7. The predicted molar refractivity (Wildman–Crippen MR) is 75.5 cm³/mol. The molecule has 8 nitrogen and oxygen atoms in total. The Labute approximate surface area is 121 Å². The Morgan fingerprint density at radius 2 is 2.14 bits per heavy atom. The van der Waals surface area contributed by atoms with Crippen LogP contribution in [0.1, 0.15) is 30.0 Å². The minimum Gasteiger partial charge on any atom is -0.481 e. The number of ether oxygens (including phenoxy) is 1. The van der Waals surface area contributed by atoms with Crippen molar-refractivity contribution in [2.24, 2.45) is 0 Å². The fourth-order valence-corrected chi connectivity index (χ4v) is 2.19. The van der Waals surface area contributed by atoms with Crippen molar-refractivity contribution in [1.29, 1.82) is 0 Å². The molecule has 0 aliphatic heterocycles. The van der Waals surface area contributed by atoms with Crippen LogP contribution in [0.3, 0.4) is 0 Å². The third-order valence-corrected chi connectivity index (χ3v) is 3.13. The van der Waals surface area contributed by atoms with Crippen molar-refractivity contribution in [1.82, 2.24) is 10.1 Å². The zero-order chi connectivity index (χ0) is 15.6. The van der Waals surface area contributed by atoms with E-state index in [-0.39, 0.29) is 17.5 Å². The number of hydrogen-bond acceptors (Lipinski definition) is 7. The van der Waals surface area contributed by atoms with E-state index in [1.54, 1.807) is 6.92 Å². The summed E-state index contributed by atoms with van der Waals surface area (Å²) in [6.07, 6.45) is 0. The van der Waals surface area contributed by atoms with Gasteiger partial charge in [0.2, 0.25) is 11.7 Å². The van der Waals surface area contributed by atoms with E-state index in [2.05, 4.69) is 15.5 Å². The van der Waals surface area contributed by atoms with Gasteiger partial charge in [-0.1, -0.05) is 5.16 Å². The van der Waals surface area contributed by atoms with Gasteiger partial charge >= 0.3 is 5.69 Å². The van der Waals surface area contributed by atoms with Gasteiger partial charge in [-0.2, -0.15) is 4.98 Å². The van der Waals surface area contributed by atoms with Crippen molar-refractivity contribution in [3.05, 3.63) is 39.3 Å². The molecule has 0 aromatic carbocycles. The molecule has 0 radical (unpaired) electrons. The summed E-state index contributed by atoms with van der Waals surface area (Å²) in [6, 6.07) is 2.56. The Morgan fingerprint density at radius 3 is 2.67 bits per heavy atom. The van der Waals surface area contributed by atoms with E-state index in [9.17, 15) is 10.1 Å². The summed E-state index contributed by atoms with van der Waals surface area (Å²) in [6.45, 7) is 5.47. The number of nitro groups is 1. The summed E-state index contributed by atoms with van der Waals surface area (Å²) >= 11 is 0. The lowest BCUT2D eigenvalue weighted by atomic mass is 10.1. The molecule has 1 N–H and O–H groups in total. The Kier molecular flexibility index (Phi) is 4.06. The van der Waals surface area contributed by atoms with Gasteiger partial charge in [0.1, 0.15) is 5.76 Å². The van der Waals surface area contributed by atoms with Gasteiger partial charge < -0.3 is 14.6 Å². The van der Waals surface area contributed by atoms with Crippen molar-refractivity contribution < 1.29 is 14.2 Å². The summed E-state index contributed by atoms with van der Waals surface area (Å²) in [5.74, 6) is 1.11. The molecular weight excluding hydrogens is 276 g/mol. The lowest BCUT2D eigenvalue weighted by molar-refractivity contribution is -0.384. The first kappa shape index (κ1) is 14.8. The summed E-state index contributed by atoms with van der Waals surface area (Å²) in [5.41, 5.74) is 1.47. The van der Waals surface area contributed by atoms with Crippen LogP contribution in [0.4, 0.5) is 11.5 Å². The Bertz CT molecular complexity index is 649. The molecule has 0 saturated carbocycles. The number of methoxy groups -OCH3 is 1. The summed E-state index contributed by atoms with van der Waals surface area (Å²) in [7, 11) is 1.45. The lowest BCUT2D eigenvalue weighted by Gasteiger charge is -2.14. The van der Waals surface area contributed by atoms with E-state index in [0.717, 1.165) is 11.3 Å². The second-order valence-electron chi connectivity index (χ2n) is 4.58. The molecule has 2 aromatic heterocycles. The quantitative estimate of drug-likeness (QED) is 0.667. The smallest absolute Gasteiger partial charge is 0.311 e. The fraction of sp³-hybridized carbons (Fsp3) is 0.385. The number of nitrogens with zero attached hydrogens (tertiary/aromatic N) is 3. The van der Waals surface area contributed by atoms with Crippen molar-refractivity contribution in [3.63, 3.8) is 0 Å². The van der Waals surface area contributed by atoms with Crippen LogP contribution >= 0.6 is 0 Å². The normalized spacial score (nSPS) is 12.0. The number of hydrogen-bond donors (Lipinski definition) is 1. The highest BCUT2D eigenvalue weighted by Crippen LogP contribution is 2.30. The van der Waals surface area contributed by atoms with Gasteiger partial charge in [-0.3, -0.25) is 10.1 Å². The van der Waals surface area contributed by atoms with Gasteiger partial charge in [0.25, 0.3) is 0 Å². The maximum absolute atomic E-state index is 11.1. The fourth-order valence-electron chi connectivity index (χ4n) is 2.19. The van der Waals surface area contributed by atoms with Gasteiger partial charge in [0.05, 0.1) is 23.8 Å². The largest absolute Gasteiger partial charge is 0.481 e.